The Labute approximate surface area is 137 Å². The molecule has 6 nitrogen and oxygen atoms in total. The second-order valence-corrected chi connectivity index (χ2v) is 6.19. The van der Waals surface area contributed by atoms with Crippen molar-refractivity contribution in [2.75, 3.05) is 13.1 Å². The third kappa shape index (κ3) is 3.26. The first-order valence-corrected chi connectivity index (χ1v) is 8.62. The monoisotopic (exact) mass is 321 g/mol. The van der Waals surface area contributed by atoms with Gasteiger partial charge in [0.15, 0.2) is 0 Å². The maximum atomic E-state index is 12.6. The third-order valence-corrected chi connectivity index (χ3v) is 4.98. The highest BCUT2D eigenvalue weighted by molar-refractivity contribution is 6.09. The standard InChI is InChI=1S/C17H27N3O3/c1-4-17(5-2)15(22)20(16(23)18-17)12-14(21)19(6-3)13-10-8-7-9-11-13/h10H,4-9,11-12H2,1-3H3,(H,18,23). The summed E-state index contributed by atoms with van der Waals surface area (Å²) in [6.45, 7) is 6.04. The molecule has 0 bridgehead atoms. The zero-order chi connectivity index (χ0) is 17.0. The minimum Gasteiger partial charge on any atom is -0.323 e. The van der Waals surface area contributed by atoms with Gasteiger partial charge in [-0.25, -0.2) is 4.79 Å². The molecule has 1 N–H and O–H groups in total. The number of amides is 4. The molecule has 1 fully saturated rings. The highest BCUT2D eigenvalue weighted by Gasteiger charge is 2.49. The number of rotatable bonds is 6. The molecule has 0 atom stereocenters. The molecule has 1 saturated heterocycles. The molecule has 0 unspecified atom stereocenters. The number of imide groups is 1. The van der Waals surface area contributed by atoms with E-state index in [1.54, 1.807) is 4.90 Å². The molecule has 4 amide bonds. The molecule has 2 aliphatic rings. The lowest BCUT2D eigenvalue weighted by Gasteiger charge is -2.28. The van der Waals surface area contributed by atoms with E-state index in [2.05, 4.69) is 11.4 Å². The van der Waals surface area contributed by atoms with E-state index >= 15 is 0 Å². The Morgan fingerprint density at radius 2 is 1.96 bits per heavy atom. The zero-order valence-electron chi connectivity index (χ0n) is 14.4. The van der Waals surface area contributed by atoms with Gasteiger partial charge in [-0.15, -0.1) is 0 Å². The number of urea groups is 1. The number of carbonyl (C=O) groups is 3. The van der Waals surface area contributed by atoms with Crippen LogP contribution in [0.25, 0.3) is 0 Å². The van der Waals surface area contributed by atoms with Crippen molar-refractivity contribution in [2.24, 2.45) is 0 Å². The quantitative estimate of drug-likeness (QED) is 0.764. The number of likely N-dealkylation sites (N-methyl/N-ethyl adjacent to an activating group) is 1. The number of carbonyl (C=O) groups excluding carboxylic acids is 3. The Balaban J connectivity index is 2.11. The fraction of sp³-hybridized carbons (Fsp3) is 0.706. The van der Waals surface area contributed by atoms with Crippen molar-refractivity contribution in [3.8, 4) is 0 Å². The van der Waals surface area contributed by atoms with E-state index in [0.717, 1.165) is 36.3 Å². The molecular formula is C17H27N3O3. The average Bonchev–Trinajstić information content (AvgIpc) is 2.81. The molecule has 0 aromatic heterocycles. The van der Waals surface area contributed by atoms with Gasteiger partial charge < -0.3 is 10.2 Å². The Morgan fingerprint density at radius 1 is 1.26 bits per heavy atom. The molecular weight excluding hydrogens is 294 g/mol. The Morgan fingerprint density at radius 3 is 2.43 bits per heavy atom. The van der Waals surface area contributed by atoms with Crippen molar-refractivity contribution in [3.05, 3.63) is 11.8 Å². The van der Waals surface area contributed by atoms with Gasteiger partial charge in [0.05, 0.1) is 0 Å². The van der Waals surface area contributed by atoms with Crippen LogP contribution in [-0.2, 0) is 9.59 Å². The first-order chi connectivity index (χ1) is 11.0. The predicted octanol–water partition coefficient (Wildman–Crippen LogP) is 2.40. The van der Waals surface area contributed by atoms with Crippen LogP contribution in [0.3, 0.4) is 0 Å². The van der Waals surface area contributed by atoms with Crippen LogP contribution in [0.4, 0.5) is 4.79 Å². The Hall–Kier alpha value is -1.85. The summed E-state index contributed by atoms with van der Waals surface area (Å²) in [6, 6.07) is -0.458. The maximum absolute atomic E-state index is 12.6. The summed E-state index contributed by atoms with van der Waals surface area (Å²) < 4.78 is 0. The topological polar surface area (TPSA) is 69.7 Å². The van der Waals surface area contributed by atoms with Gasteiger partial charge in [0.2, 0.25) is 5.91 Å². The molecule has 6 heteroatoms. The fourth-order valence-electron chi connectivity index (χ4n) is 3.38. The number of nitrogens with one attached hydrogen (secondary N) is 1. The van der Waals surface area contributed by atoms with Crippen molar-refractivity contribution in [2.45, 2.75) is 64.8 Å². The van der Waals surface area contributed by atoms with E-state index in [9.17, 15) is 14.4 Å². The van der Waals surface area contributed by atoms with Crippen LogP contribution in [0, 0.1) is 0 Å². The van der Waals surface area contributed by atoms with Crippen molar-refractivity contribution in [3.63, 3.8) is 0 Å². The summed E-state index contributed by atoms with van der Waals surface area (Å²) in [5.74, 6) is -0.471. The number of hydrogen-bond acceptors (Lipinski definition) is 3. The maximum Gasteiger partial charge on any atom is 0.325 e. The van der Waals surface area contributed by atoms with Gasteiger partial charge >= 0.3 is 6.03 Å². The van der Waals surface area contributed by atoms with E-state index in [1.807, 2.05) is 20.8 Å². The van der Waals surface area contributed by atoms with Crippen LogP contribution < -0.4 is 5.32 Å². The molecule has 0 saturated carbocycles. The summed E-state index contributed by atoms with van der Waals surface area (Å²) in [6.07, 6.45) is 7.25. The molecule has 2 rings (SSSR count). The van der Waals surface area contributed by atoms with E-state index in [1.165, 1.54) is 0 Å². The van der Waals surface area contributed by atoms with Gasteiger partial charge in [-0.1, -0.05) is 19.9 Å². The van der Waals surface area contributed by atoms with Crippen LogP contribution in [0.1, 0.15) is 59.3 Å². The summed E-state index contributed by atoms with van der Waals surface area (Å²) in [7, 11) is 0. The summed E-state index contributed by atoms with van der Waals surface area (Å²) in [5.41, 5.74) is 0.173. The lowest BCUT2D eigenvalue weighted by Crippen LogP contribution is -2.47. The van der Waals surface area contributed by atoms with Crippen molar-refractivity contribution >= 4 is 17.8 Å². The number of allylic oxidation sites excluding steroid dienone is 2. The van der Waals surface area contributed by atoms with Gasteiger partial charge in [0, 0.05) is 12.2 Å². The van der Waals surface area contributed by atoms with Crippen LogP contribution in [-0.4, -0.2) is 46.3 Å². The lowest BCUT2D eigenvalue weighted by molar-refractivity contribution is -0.138. The highest BCUT2D eigenvalue weighted by atomic mass is 16.2. The molecule has 1 heterocycles. The SMILES string of the molecule is CCN(C(=O)CN1C(=O)NC(CC)(CC)C1=O)C1=CCCCC1. The first-order valence-electron chi connectivity index (χ1n) is 8.62. The second kappa shape index (κ2) is 7.15. The Bertz CT molecular complexity index is 523. The minimum atomic E-state index is -0.849. The highest BCUT2D eigenvalue weighted by Crippen LogP contribution is 2.26. The molecule has 23 heavy (non-hydrogen) atoms. The van der Waals surface area contributed by atoms with Crippen molar-refractivity contribution < 1.29 is 14.4 Å². The van der Waals surface area contributed by atoms with Crippen molar-refractivity contribution in [1.29, 1.82) is 0 Å². The van der Waals surface area contributed by atoms with Gasteiger partial charge in [-0.05, 0) is 45.4 Å². The van der Waals surface area contributed by atoms with Crippen molar-refractivity contribution in [1.82, 2.24) is 15.1 Å². The van der Waals surface area contributed by atoms with Gasteiger partial charge in [-0.3, -0.25) is 14.5 Å². The van der Waals surface area contributed by atoms with E-state index in [0.29, 0.717) is 19.4 Å². The molecule has 0 spiro atoms. The van der Waals surface area contributed by atoms with Gasteiger partial charge in [-0.2, -0.15) is 0 Å². The molecule has 128 valence electrons. The lowest BCUT2D eigenvalue weighted by atomic mass is 9.93. The summed E-state index contributed by atoms with van der Waals surface area (Å²) in [4.78, 5) is 40.1. The van der Waals surface area contributed by atoms with Gasteiger partial charge in [0.25, 0.3) is 5.91 Å². The van der Waals surface area contributed by atoms with Crippen LogP contribution in [0.15, 0.2) is 11.8 Å². The second-order valence-electron chi connectivity index (χ2n) is 6.19. The molecule has 0 radical (unpaired) electrons. The minimum absolute atomic E-state index is 0.183. The van der Waals surface area contributed by atoms with E-state index in [4.69, 9.17) is 0 Å². The summed E-state index contributed by atoms with van der Waals surface area (Å²) in [5, 5.41) is 2.76. The molecule has 1 aliphatic heterocycles. The fourth-order valence-corrected chi connectivity index (χ4v) is 3.38. The summed E-state index contributed by atoms with van der Waals surface area (Å²) >= 11 is 0. The molecule has 0 aromatic rings. The first kappa shape index (κ1) is 17.5. The van der Waals surface area contributed by atoms with Crippen LogP contribution in [0.2, 0.25) is 0 Å². The molecule has 1 aliphatic carbocycles. The van der Waals surface area contributed by atoms with Gasteiger partial charge in [0.1, 0.15) is 12.1 Å². The number of hydrogen-bond donors (Lipinski definition) is 1. The smallest absolute Gasteiger partial charge is 0.323 e. The van der Waals surface area contributed by atoms with E-state index in [-0.39, 0.29) is 18.4 Å². The predicted molar refractivity (Wildman–Crippen MR) is 87.5 cm³/mol. The largest absolute Gasteiger partial charge is 0.325 e. The normalized spacial score (nSPS) is 20.3. The molecule has 0 aromatic carbocycles. The van der Waals surface area contributed by atoms with E-state index < -0.39 is 11.6 Å². The number of nitrogens with zero attached hydrogens (tertiary/aromatic N) is 2. The average molecular weight is 321 g/mol. The third-order valence-electron chi connectivity index (χ3n) is 4.98. The van der Waals surface area contributed by atoms with Crippen LogP contribution in [0.5, 0.6) is 0 Å². The Kier molecular flexibility index (Phi) is 5.44. The zero-order valence-corrected chi connectivity index (χ0v) is 14.4. The van der Waals surface area contributed by atoms with Crippen LogP contribution >= 0.6 is 0 Å².